The molecule has 0 aliphatic rings. The van der Waals surface area contributed by atoms with Gasteiger partial charge in [-0.05, 0) is 42.3 Å². The molecule has 24 heavy (non-hydrogen) atoms. The summed E-state index contributed by atoms with van der Waals surface area (Å²) >= 11 is 0. The second-order valence-corrected chi connectivity index (χ2v) is 4.98. The van der Waals surface area contributed by atoms with Gasteiger partial charge in [0.2, 0.25) is 0 Å². The van der Waals surface area contributed by atoms with Gasteiger partial charge in [-0.15, -0.1) is 0 Å². The van der Waals surface area contributed by atoms with Gasteiger partial charge in [-0.1, -0.05) is 30.3 Å². The zero-order valence-corrected chi connectivity index (χ0v) is 13.1. The maximum Gasteiger partial charge on any atom is 0.276 e. The molecule has 0 fully saturated rings. The van der Waals surface area contributed by atoms with Crippen molar-refractivity contribution in [3.8, 4) is 5.75 Å². The minimum absolute atomic E-state index is 0.215. The molecule has 0 spiro atoms. The van der Waals surface area contributed by atoms with Crippen LogP contribution in [0.1, 0.15) is 11.1 Å². The van der Waals surface area contributed by atoms with E-state index in [1.807, 2.05) is 25.1 Å². The molecule has 0 aliphatic heterocycles. The number of hydrazine groups is 1. The molecule has 0 heterocycles. The van der Waals surface area contributed by atoms with Crippen molar-refractivity contribution in [2.45, 2.75) is 6.92 Å². The second-order valence-electron chi connectivity index (χ2n) is 4.98. The van der Waals surface area contributed by atoms with E-state index >= 15 is 0 Å². The van der Waals surface area contributed by atoms with E-state index in [2.05, 4.69) is 10.9 Å². The lowest BCUT2D eigenvalue weighted by atomic mass is 10.2. The van der Waals surface area contributed by atoms with Crippen LogP contribution < -0.4 is 15.6 Å². The summed E-state index contributed by atoms with van der Waals surface area (Å²) in [4.78, 5) is 23.2. The van der Waals surface area contributed by atoms with Crippen molar-refractivity contribution in [3.05, 3.63) is 71.6 Å². The highest BCUT2D eigenvalue weighted by atomic mass is 19.1. The molecule has 0 radical (unpaired) electrons. The summed E-state index contributed by atoms with van der Waals surface area (Å²) < 4.78 is 18.1. The van der Waals surface area contributed by atoms with Crippen LogP contribution in [0, 0.1) is 12.7 Å². The first kappa shape index (κ1) is 17.2. The van der Waals surface area contributed by atoms with Crippen molar-refractivity contribution in [3.63, 3.8) is 0 Å². The number of para-hydroxylation sites is 1. The van der Waals surface area contributed by atoms with Crippen LogP contribution in [0.4, 0.5) is 4.39 Å². The summed E-state index contributed by atoms with van der Waals surface area (Å²) in [6, 6.07) is 13.0. The first-order valence-electron chi connectivity index (χ1n) is 7.25. The van der Waals surface area contributed by atoms with Crippen LogP contribution in [0.5, 0.6) is 5.75 Å². The van der Waals surface area contributed by atoms with Crippen molar-refractivity contribution in [2.75, 3.05) is 6.61 Å². The highest BCUT2D eigenvalue weighted by Crippen LogP contribution is 2.15. The zero-order chi connectivity index (χ0) is 17.4. The third-order valence-corrected chi connectivity index (χ3v) is 3.07. The van der Waals surface area contributed by atoms with Gasteiger partial charge in [-0.2, -0.15) is 0 Å². The van der Waals surface area contributed by atoms with Crippen molar-refractivity contribution < 1.29 is 18.7 Å². The quantitative estimate of drug-likeness (QED) is 0.654. The minimum atomic E-state index is -0.511. The highest BCUT2D eigenvalue weighted by molar-refractivity contribution is 5.93. The fraction of sp³-hybridized carbons (Fsp3) is 0.111. The number of ether oxygens (including phenoxy) is 1. The van der Waals surface area contributed by atoms with Crippen LogP contribution in [0.3, 0.4) is 0 Å². The smallest absolute Gasteiger partial charge is 0.276 e. The zero-order valence-electron chi connectivity index (χ0n) is 13.1. The van der Waals surface area contributed by atoms with Crippen LogP contribution in [-0.4, -0.2) is 18.4 Å². The number of nitrogens with one attached hydrogen (secondary N) is 2. The molecule has 0 aromatic heterocycles. The number of carbonyl (C=O) groups is 2. The molecule has 0 unspecified atom stereocenters. The maximum absolute atomic E-state index is 12.8. The topological polar surface area (TPSA) is 67.4 Å². The SMILES string of the molecule is Cc1ccccc1OCC(=O)NNC(=O)/C=C/c1ccc(F)cc1. The summed E-state index contributed by atoms with van der Waals surface area (Å²) in [6.07, 6.45) is 2.74. The standard InChI is InChI=1S/C18H17FN2O3/c1-13-4-2-3-5-16(13)24-12-18(23)21-20-17(22)11-8-14-6-9-15(19)10-7-14/h2-11H,12H2,1H3,(H,20,22)(H,21,23)/b11-8+. The van der Waals surface area contributed by atoms with Crippen molar-refractivity contribution >= 4 is 17.9 Å². The lowest BCUT2D eigenvalue weighted by Gasteiger charge is -2.09. The van der Waals surface area contributed by atoms with E-state index in [4.69, 9.17) is 4.74 Å². The normalized spacial score (nSPS) is 10.4. The Morgan fingerprint density at radius 3 is 2.50 bits per heavy atom. The van der Waals surface area contributed by atoms with Gasteiger partial charge in [-0.25, -0.2) is 4.39 Å². The van der Waals surface area contributed by atoms with Crippen LogP contribution in [0.25, 0.3) is 6.08 Å². The fourth-order valence-electron chi connectivity index (χ4n) is 1.82. The van der Waals surface area contributed by atoms with E-state index in [0.717, 1.165) is 5.56 Å². The molecule has 2 N–H and O–H groups in total. The molecule has 124 valence electrons. The first-order valence-corrected chi connectivity index (χ1v) is 7.25. The molecule has 0 atom stereocenters. The van der Waals surface area contributed by atoms with E-state index in [9.17, 15) is 14.0 Å². The molecule has 0 aliphatic carbocycles. The van der Waals surface area contributed by atoms with Gasteiger partial charge in [0.05, 0.1) is 0 Å². The molecule has 2 aromatic rings. The number of halogens is 1. The van der Waals surface area contributed by atoms with Crippen molar-refractivity contribution in [2.24, 2.45) is 0 Å². The minimum Gasteiger partial charge on any atom is -0.483 e. The summed E-state index contributed by atoms with van der Waals surface area (Å²) in [5.41, 5.74) is 6.06. The van der Waals surface area contributed by atoms with Crippen LogP contribution in [0.15, 0.2) is 54.6 Å². The molecule has 2 aromatic carbocycles. The lowest BCUT2D eigenvalue weighted by Crippen LogP contribution is -2.43. The lowest BCUT2D eigenvalue weighted by molar-refractivity contribution is -0.128. The van der Waals surface area contributed by atoms with E-state index < -0.39 is 11.8 Å². The monoisotopic (exact) mass is 328 g/mol. The predicted octanol–water partition coefficient (Wildman–Crippen LogP) is 2.37. The van der Waals surface area contributed by atoms with Crippen molar-refractivity contribution in [1.82, 2.24) is 10.9 Å². The fourth-order valence-corrected chi connectivity index (χ4v) is 1.82. The summed E-state index contributed by atoms with van der Waals surface area (Å²) in [6.45, 7) is 1.65. The Kier molecular flexibility index (Phi) is 6.08. The molecule has 0 saturated carbocycles. The number of rotatable bonds is 5. The van der Waals surface area contributed by atoms with E-state index in [-0.39, 0.29) is 12.4 Å². The number of carbonyl (C=O) groups excluding carboxylic acids is 2. The van der Waals surface area contributed by atoms with Crippen LogP contribution >= 0.6 is 0 Å². The Hall–Kier alpha value is -3.15. The van der Waals surface area contributed by atoms with Crippen LogP contribution in [-0.2, 0) is 9.59 Å². The Balaban J connectivity index is 1.74. The van der Waals surface area contributed by atoms with Gasteiger partial charge >= 0.3 is 0 Å². The third kappa shape index (κ3) is 5.57. The van der Waals surface area contributed by atoms with Crippen molar-refractivity contribution in [1.29, 1.82) is 0 Å². The largest absolute Gasteiger partial charge is 0.483 e. The highest BCUT2D eigenvalue weighted by Gasteiger charge is 2.05. The van der Waals surface area contributed by atoms with Gasteiger partial charge in [0.1, 0.15) is 11.6 Å². The predicted molar refractivity (Wildman–Crippen MR) is 88.4 cm³/mol. The number of amides is 2. The summed E-state index contributed by atoms with van der Waals surface area (Å²) in [7, 11) is 0. The molecular formula is C18H17FN2O3. The Labute approximate surface area is 139 Å². The molecular weight excluding hydrogens is 311 g/mol. The molecule has 0 bridgehead atoms. The third-order valence-electron chi connectivity index (χ3n) is 3.07. The molecule has 6 heteroatoms. The van der Waals surface area contributed by atoms with Gasteiger partial charge in [-0.3, -0.25) is 20.4 Å². The first-order chi connectivity index (χ1) is 11.5. The van der Waals surface area contributed by atoms with Gasteiger partial charge < -0.3 is 4.74 Å². The molecule has 2 rings (SSSR count). The Bertz CT molecular complexity index is 742. The Morgan fingerprint density at radius 2 is 1.79 bits per heavy atom. The Morgan fingerprint density at radius 1 is 1.08 bits per heavy atom. The second kappa shape index (κ2) is 8.47. The van der Waals surface area contributed by atoms with Gasteiger partial charge in [0.15, 0.2) is 6.61 Å². The molecule has 0 saturated heterocycles. The average molecular weight is 328 g/mol. The number of hydrogen-bond donors (Lipinski definition) is 2. The molecule has 2 amide bonds. The average Bonchev–Trinajstić information content (AvgIpc) is 2.58. The van der Waals surface area contributed by atoms with E-state index in [1.165, 1.54) is 36.4 Å². The number of benzene rings is 2. The van der Waals surface area contributed by atoms with Crippen LogP contribution in [0.2, 0.25) is 0 Å². The summed E-state index contributed by atoms with van der Waals surface area (Å²) in [5.74, 6) is -0.738. The number of hydrogen-bond acceptors (Lipinski definition) is 3. The van der Waals surface area contributed by atoms with E-state index in [0.29, 0.717) is 11.3 Å². The van der Waals surface area contributed by atoms with E-state index in [1.54, 1.807) is 6.07 Å². The summed E-state index contributed by atoms with van der Waals surface area (Å²) in [5, 5.41) is 0. The maximum atomic E-state index is 12.8. The van der Waals surface area contributed by atoms with Gasteiger partial charge in [0, 0.05) is 6.08 Å². The number of aryl methyl sites for hydroxylation is 1. The molecule has 5 nitrogen and oxygen atoms in total. The van der Waals surface area contributed by atoms with Gasteiger partial charge in [0.25, 0.3) is 11.8 Å².